The molecule has 1 aliphatic carbocycles. The van der Waals surface area contributed by atoms with Gasteiger partial charge in [-0.25, -0.2) is 0 Å². The SMILES string of the molecule is Cc1cc(C)cc(-c2nc(CNC3CC3)no2)c1. The molecule has 0 amide bonds. The van der Waals surface area contributed by atoms with Gasteiger partial charge >= 0.3 is 0 Å². The molecule has 3 rings (SSSR count). The number of nitrogens with one attached hydrogen (secondary N) is 1. The van der Waals surface area contributed by atoms with Crippen LogP contribution in [0, 0.1) is 13.8 Å². The van der Waals surface area contributed by atoms with E-state index in [-0.39, 0.29) is 0 Å². The molecule has 1 heterocycles. The van der Waals surface area contributed by atoms with Crippen molar-refractivity contribution in [2.75, 3.05) is 0 Å². The van der Waals surface area contributed by atoms with E-state index in [0.29, 0.717) is 18.5 Å². The maximum Gasteiger partial charge on any atom is 0.257 e. The maximum absolute atomic E-state index is 5.31. The molecule has 0 aliphatic heterocycles. The minimum Gasteiger partial charge on any atom is -0.334 e. The molecule has 0 radical (unpaired) electrons. The van der Waals surface area contributed by atoms with E-state index in [0.717, 1.165) is 11.4 Å². The van der Waals surface area contributed by atoms with Gasteiger partial charge in [0.2, 0.25) is 0 Å². The van der Waals surface area contributed by atoms with Gasteiger partial charge in [0.05, 0.1) is 6.54 Å². The zero-order chi connectivity index (χ0) is 12.5. The van der Waals surface area contributed by atoms with Crippen molar-refractivity contribution >= 4 is 0 Å². The summed E-state index contributed by atoms with van der Waals surface area (Å²) < 4.78 is 5.31. The maximum atomic E-state index is 5.31. The molecular weight excluding hydrogens is 226 g/mol. The Labute approximate surface area is 106 Å². The van der Waals surface area contributed by atoms with E-state index in [2.05, 4.69) is 47.5 Å². The normalized spacial score (nSPS) is 15.0. The third-order valence-electron chi connectivity index (χ3n) is 3.06. The second-order valence-electron chi connectivity index (χ2n) is 5.05. The van der Waals surface area contributed by atoms with Crippen molar-refractivity contribution in [3.63, 3.8) is 0 Å². The second kappa shape index (κ2) is 4.53. The summed E-state index contributed by atoms with van der Waals surface area (Å²) in [5.41, 5.74) is 3.42. The number of hydrogen-bond acceptors (Lipinski definition) is 4. The van der Waals surface area contributed by atoms with Crippen molar-refractivity contribution in [2.45, 2.75) is 39.3 Å². The highest BCUT2D eigenvalue weighted by molar-refractivity contribution is 5.55. The van der Waals surface area contributed by atoms with Crippen LogP contribution in [0.25, 0.3) is 11.5 Å². The van der Waals surface area contributed by atoms with E-state index in [1.165, 1.54) is 24.0 Å². The van der Waals surface area contributed by atoms with Gasteiger partial charge in [-0.1, -0.05) is 22.3 Å². The predicted octanol–water partition coefficient (Wildman–Crippen LogP) is 2.61. The predicted molar refractivity (Wildman–Crippen MR) is 69.1 cm³/mol. The Bertz CT molecular complexity index is 538. The van der Waals surface area contributed by atoms with E-state index >= 15 is 0 Å². The molecule has 0 saturated heterocycles. The lowest BCUT2D eigenvalue weighted by atomic mass is 10.1. The average Bonchev–Trinajstić information content (AvgIpc) is 3.02. The Kier molecular flexibility index (Phi) is 2.88. The minimum atomic E-state index is 0.606. The third kappa shape index (κ3) is 2.59. The molecule has 1 aliphatic rings. The lowest BCUT2D eigenvalue weighted by Crippen LogP contribution is -2.16. The molecule has 1 saturated carbocycles. The Morgan fingerprint density at radius 1 is 1.22 bits per heavy atom. The Hall–Kier alpha value is -1.68. The van der Waals surface area contributed by atoms with Crippen LogP contribution in [-0.4, -0.2) is 16.2 Å². The first-order valence-electron chi connectivity index (χ1n) is 6.35. The molecule has 18 heavy (non-hydrogen) atoms. The van der Waals surface area contributed by atoms with Gasteiger partial charge in [-0.2, -0.15) is 4.98 Å². The topological polar surface area (TPSA) is 51.0 Å². The van der Waals surface area contributed by atoms with Crippen LogP contribution in [0.2, 0.25) is 0 Å². The summed E-state index contributed by atoms with van der Waals surface area (Å²) in [7, 11) is 0. The minimum absolute atomic E-state index is 0.606. The Morgan fingerprint density at radius 2 is 1.94 bits per heavy atom. The van der Waals surface area contributed by atoms with Crippen LogP contribution in [0.3, 0.4) is 0 Å². The quantitative estimate of drug-likeness (QED) is 0.896. The lowest BCUT2D eigenvalue weighted by molar-refractivity contribution is 0.419. The van der Waals surface area contributed by atoms with Gasteiger partial charge in [-0.15, -0.1) is 0 Å². The largest absolute Gasteiger partial charge is 0.334 e. The van der Waals surface area contributed by atoms with Gasteiger partial charge < -0.3 is 9.84 Å². The van der Waals surface area contributed by atoms with Crippen LogP contribution in [0.1, 0.15) is 29.8 Å². The van der Waals surface area contributed by atoms with Gasteiger partial charge in [-0.3, -0.25) is 0 Å². The summed E-state index contributed by atoms with van der Waals surface area (Å²) in [5, 5.41) is 7.38. The molecular formula is C14H17N3O. The number of benzene rings is 1. The summed E-state index contributed by atoms with van der Waals surface area (Å²) in [4.78, 5) is 4.42. The average molecular weight is 243 g/mol. The monoisotopic (exact) mass is 243 g/mol. The van der Waals surface area contributed by atoms with Crippen molar-refractivity contribution in [2.24, 2.45) is 0 Å². The molecule has 4 nitrogen and oxygen atoms in total. The summed E-state index contributed by atoms with van der Waals surface area (Å²) >= 11 is 0. The van der Waals surface area contributed by atoms with Crippen molar-refractivity contribution in [3.8, 4) is 11.5 Å². The van der Waals surface area contributed by atoms with E-state index in [1.807, 2.05) is 0 Å². The van der Waals surface area contributed by atoms with Gasteiger partial charge in [0.1, 0.15) is 0 Å². The van der Waals surface area contributed by atoms with Crippen molar-refractivity contribution < 1.29 is 4.52 Å². The first kappa shape index (κ1) is 11.4. The zero-order valence-electron chi connectivity index (χ0n) is 10.7. The van der Waals surface area contributed by atoms with Crippen molar-refractivity contribution in [1.82, 2.24) is 15.5 Å². The fraction of sp³-hybridized carbons (Fsp3) is 0.429. The molecule has 1 aromatic carbocycles. The molecule has 0 spiro atoms. The van der Waals surface area contributed by atoms with E-state index in [1.54, 1.807) is 0 Å². The van der Waals surface area contributed by atoms with E-state index in [4.69, 9.17) is 4.52 Å². The molecule has 0 unspecified atom stereocenters. The number of aromatic nitrogens is 2. The summed E-state index contributed by atoms with van der Waals surface area (Å²) in [6, 6.07) is 6.93. The summed E-state index contributed by atoms with van der Waals surface area (Å²) in [6.45, 7) is 4.84. The van der Waals surface area contributed by atoms with Gasteiger partial charge in [0.25, 0.3) is 5.89 Å². The molecule has 1 fully saturated rings. The van der Waals surface area contributed by atoms with Crippen LogP contribution >= 0.6 is 0 Å². The number of hydrogen-bond donors (Lipinski definition) is 1. The second-order valence-corrected chi connectivity index (χ2v) is 5.05. The van der Waals surface area contributed by atoms with Crippen molar-refractivity contribution in [1.29, 1.82) is 0 Å². The number of nitrogens with zero attached hydrogens (tertiary/aromatic N) is 2. The molecule has 1 aromatic heterocycles. The molecule has 0 bridgehead atoms. The van der Waals surface area contributed by atoms with Gasteiger partial charge in [-0.05, 0) is 38.8 Å². The fourth-order valence-electron chi connectivity index (χ4n) is 2.06. The lowest BCUT2D eigenvalue weighted by Gasteiger charge is -1.99. The highest BCUT2D eigenvalue weighted by Gasteiger charge is 2.21. The molecule has 94 valence electrons. The van der Waals surface area contributed by atoms with E-state index in [9.17, 15) is 0 Å². The Morgan fingerprint density at radius 3 is 2.61 bits per heavy atom. The first-order chi connectivity index (χ1) is 8.70. The smallest absolute Gasteiger partial charge is 0.257 e. The number of aryl methyl sites for hydroxylation is 2. The third-order valence-corrected chi connectivity index (χ3v) is 3.06. The molecule has 2 aromatic rings. The highest BCUT2D eigenvalue weighted by Crippen LogP contribution is 2.21. The zero-order valence-corrected chi connectivity index (χ0v) is 10.7. The van der Waals surface area contributed by atoms with Gasteiger partial charge in [0, 0.05) is 11.6 Å². The molecule has 1 N–H and O–H groups in total. The van der Waals surface area contributed by atoms with Crippen LogP contribution < -0.4 is 5.32 Å². The first-order valence-corrected chi connectivity index (χ1v) is 6.35. The summed E-state index contributed by atoms with van der Waals surface area (Å²) in [6.07, 6.45) is 2.53. The van der Waals surface area contributed by atoms with Crippen LogP contribution in [0.15, 0.2) is 22.7 Å². The Balaban J connectivity index is 1.78. The highest BCUT2D eigenvalue weighted by atomic mass is 16.5. The van der Waals surface area contributed by atoms with Crippen molar-refractivity contribution in [3.05, 3.63) is 35.2 Å². The van der Waals surface area contributed by atoms with E-state index < -0.39 is 0 Å². The van der Waals surface area contributed by atoms with Gasteiger partial charge in [0.15, 0.2) is 5.82 Å². The summed E-state index contributed by atoms with van der Waals surface area (Å²) in [5.74, 6) is 1.34. The van der Waals surface area contributed by atoms with Crippen LogP contribution in [0.5, 0.6) is 0 Å². The standard InChI is InChI=1S/C14H17N3O/c1-9-5-10(2)7-11(6-9)14-16-13(17-18-14)8-15-12-3-4-12/h5-7,12,15H,3-4,8H2,1-2H3. The molecule has 4 heteroatoms. The number of rotatable bonds is 4. The van der Waals surface area contributed by atoms with Crippen LogP contribution in [-0.2, 0) is 6.54 Å². The molecule has 0 atom stereocenters. The van der Waals surface area contributed by atoms with Crippen LogP contribution in [0.4, 0.5) is 0 Å². The fourth-order valence-corrected chi connectivity index (χ4v) is 2.06.